The molecule has 7 atom stereocenters. The Bertz CT molecular complexity index is 838. The zero-order valence-electron chi connectivity index (χ0n) is 20.4. The minimum Gasteiger partial charge on any atom is -0.466 e. The molecule has 4 rings (SSSR count). The van der Waals surface area contributed by atoms with Crippen molar-refractivity contribution >= 4 is 33.7 Å². The van der Waals surface area contributed by atoms with Gasteiger partial charge in [-0.05, 0) is 20.3 Å². The van der Waals surface area contributed by atoms with Crippen LogP contribution in [-0.4, -0.2) is 125 Å². The van der Waals surface area contributed by atoms with Crippen LogP contribution < -0.4 is 0 Å². The molecule has 35 heavy (non-hydrogen) atoms. The van der Waals surface area contributed by atoms with Gasteiger partial charge in [-0.1, -0.05) is 22.0 Å². The summed E-state index contributed by atoms with van der Waals surface area (Å²) in [5, 5.41) is 9.97. The number of rotatable bonds is 10. The SMILES string of the molecule is C=CCN(CCN1CCOCC1)C(=O)[C@@H]1N([C@H](C)CO)C(=O)[C@H]2[C@H](C(=O)OCC)[C@H]3O[C@@]12CC3Br. The highest BCUT2D eigenvalue weighted by Crippen LogP contribution is 2.60. The van der Waals surface area contributed by atoms with Crippen LogP contribution in [0, 0.1) is 11.8 Å². The molecule has 2 bridgehead atoms. The van der Waals surface area contributed by atoms with E-state index in [1.807, 2.05) is 0 Å². The molecule has 4 aliphatic rings. The highest BCUT2D eigenvalue weighted by molar-refractivity contribution is 9.09. The van der Waals surface area contributed by atoms with Gasteiger partial charge in [0.1, 0.15) is 11.6 Å². The fourth-order valence-corrected chi connectivity index (χ4v) is 7.07. The number of amides is 2. The molecule has 1 unspecified atom stereocenters. The summed E-state index contributed by atoms with van der Waals surface area (Å²) in [6.07, 6.45) is 1.54. The number of hydrogen-bond acceptors (Lipinski definition) is 8. The van der Waals surface area contributed by atoms with Gasteiger partial charge < -0.3 is 29.1 Å². The van der Waals surface area contributed by atoms with Crippen molar-refractivity contribution in [1.29, 1.82) is 0 Å². The first-order valence-electron chi connectivity index (χ1n) is 12.4. The lowest BCUT2D eigenvalue weighted by Crippen LogP contribution is -2.59. The van der Waals surface area contributed by atoms with Gasteiger partial charge in [0.2, 0.25) is 11.8 Å². The van der Waals surface area contributed by atoms with Gasteiger partial charge >= 0.3 is 5.97 Å². The molecule has 4 saturated heterocycles. The number of esters is 1. The molecule has 196 valence electrons. The molecule has 0 aromatic carbocycles. The highest BCUT2D eigenvalue weighted by atomic mass is 79.9. The minimum absolute atomic E-state index is 0.191. The van der Waals surface area contributed by atoms with E-state index in [2.05, 4.69) is 27.4 Å². The Morgan fingerprint density at radius 2 is 2.11 bits per heavy atom. The van der Waals surface area contributed by atoms with E-state index in [4.69, 9.17) is 14.2 Å². The van der Waals surface area contributed by atoms with Gasteiger partial charge in [0.05, 0.1) is 50.4 Å². The maximum atomic E-state index is 14.2. The predicted molar refractivity (Wildman–Crippen MR) is 130 cm³/mol. The van der Waals surface area contributed by atoms with E-state index in [1.165, 1.54) is 4.90 Å². The van der Waals surface area contributed by atoms with Crippen LogP contribution in [0.3, 0.4) is 0 Å². The predicted octanol–water partition coefficient (Wildman–Crippen LogP) is 0.0251. The molecule has 0 aromatic rings. The molecule has 0 aromatic heterocycles. The second-order valence-corrected chi connectivity index (χ2v) is 10.9. The molecule has 0 radical (unpaired) electrons. The quantitative estimate of drug-likeness (QED) is 0.227. The Labute approximate surface area is 214 Å². The van der Waals surface area contributed by atoms with E-state index < -0.39 is 41.6 Å². The van der Waals surface area contributed by atoms with E-state index in [0.29, 0.717) is 39.3 Å². The number of fused-ring (bicyclic) bond motifs is 1. The van der Waals surface area contributed by atoms with Crippen LogP contribution in [0.2, 0.25) is 0 Å². The Hall–Kier alpha value is -1.53. The summed E-state index contributed by atoms with van der Waals surface area (Å²) in [6, 6.07) is -1.56. The highest BCUT2D eigenvalue weighted by Gasteiger charge is 2.77. The molecule has 4 heterocycles. The van der Waals surface area contributed by atoms with Crippen LogP contribution in [0.1, 0.15) is 20.3 Å². The molecule has 1 spiro atoms. The number of aliphatic hydroxyl groups excluding tert-OH is 1. The van der Waals surface area contributed by atoms with E-state index in [0.717, 1.165) is 13.1 Å². The maximum absolute atomic E-state index is 14.2. The zero-order valence-corrected chi connectivity index (χ0v) is 22.0. The average Bonchev–Trinajstić information content (AvgIpc) is 3.45. The van der Waals surface area contributed by atoms with Crippen LogP contribution in [0.25, 0.3) is 0 Å². The van der Waals surface area contributed by atoms with Gasteiger partial charge in [0.25, 0.3) is 0 Å². The Balaban J connectivity index is 1.66. The van der Waals surface area contributed by atoms with Crippen LogP contribution in [0.15, 0.2) is 12.7 Å². The minimum atomic E-state index is -1.16. The third-order valence-electron chi connectivity index (χ3n) is 7.71. The van der Waals surface area contributed by atoms with Gasteiger partial charge in [-0.2, -0.15) is 0 Å². The summed E-state index contributed by atoms with van der Waals surface area (Å²) in [5.74, 6) is -2.70. The lowest BCUT2D eigenvalue weighted by Gasteiger charge is -2.39. The fraction of sp³-hybridized carbons (Fsp3) is 0.792. The van der Waals surface area contributed by atoms with Gasteiger partial charge in [-0.25, -0.2) is 0 Å². The molecular formula is C24H36BrN3O7. The van der Waals surface area contributed by atoms with Gasteiger partial charge in [-0.15, -0.1) is 6.58 Å². The lowest BCUT2D eigenvalue weighted by molar-refractivity contribution is -0.156. The van der Waals surface area contributed by atoms with Gasteiger partial charge in [-0.3, -0.25) is 19.3 Å². The Morgan fingerprint density at radius 3 is 2.74 bits per heavy atom. The number of carbonyl (C=O) groups is 3. The normalized spacial score (nSPS) is 35.1. The van der Waals surface area contributed by atoms with Crippen molar-refractivity contribution < 1.29 is 33.7 Å². The average molecular weight is 558 g/mol. The van der Waals surface area contributed by atoms with E-state index in [-0.39, 0.29) is 29.9 Å². The second kappa shape index (κ2) is 10.8. The number of alkyl halides is 1. The van der Waals surface area contributed by atoms with Gasteiger partial charge in [0.15, 0.2) is 0 Å². The van der Waals surface area contributed by atoms with Crippen molar-refractivity contribution in [2.24, 2.45) is 11.8 Å². The largest absolute Gasteiger partial charge is 0.466 e. The third kappa shape index (κ3) is 4.54. The number of aliphatic hydroxyl groups is 1. The summed E-state index contributed by atoms with van der Waals surface area (Å²) >= 11 is 3.64. The van der Waals surface area contributed by atoms with Crippen LogP contribution >= 0.6 is 15.9 Å². The van der Waals surface area contributed by atoms with Crippen LogP contribution in [-0.2, 0) is 28.6 Å². The lowest BCUT2D eigenvalue weighted by atomic mass is 9.70. The zero-order chi connectivity index (χ0) is 25.3. The topological polar surface area (TPSA) is 109 Å². The second-order valence-electron chi connectivity index (χ2n) is 9.72. The fourth-order valence-electron chi connectivity index (χ4n) is 6.12. The summed E-state index contributed by atoms with van der Waals surface area (Å²) in [4.78, 5) is 46.1. The number of ether oxygens (including phenoxy) is 3. The molecule has 4 aliphatic heterocycles. The standard InChI is InChI=1S/C24H36BrN3O7/c1-4-6-27(8-7-26-9-11-33-12-10-26)22(31)20-24-13-16(25)19(35-24)17(23(32)34-5-2)18(24)21(30)28(20)15(3)14-29/h4,15-20,29H,1,5-14H2,2-3H3/t15-,16?,17+,18-,19+,20+,24-/m1/s1. The first kappa shape index (κ1) is 26.5. The van der Waals surface area contributed by atoms with Crippen molar-refractivity contribution in [3.63, 3.8) is 0 Å². The molecule has 10 nitrogen and oxygen atoms in total. The summed E-state index contributed by atoms with van der Waals surface area (Å²) in [6.45, 7) is 11.5. The van der Waals surface area contributed by atoms with Crippen molar-refractivity contribution in [2.45, 2.75) is 48.9 Å². The molecule has 4 fully saturated rings. The Morgan fingerprint density at radius 1 is 1.40 bits per heavy atom. The van der Waals surface area contributed by atoms with E-state index >= 15 is 0 Å². The van der Waals surface area contributed by atoms with Crippen LogP contribution in [0.5, 0.6) is 0 Å². The number of nitrogens with zero attached hydrogens (tertiary/aromatic N) is 3. The first-order chi connectivity index (χ1) is 16.8. The summed E-state index contributed by atoms with van der Waals surface area (Å²) < 4.78 is 17.2. The third-order valence-corrected chi connectivity index (χ3v) is 8.55. The van der Waals surface area contributed by atoms with Crippen molar-refractivity contribution in [2.75, 3.05) is 59.2 Å². The number of likely N-dealkylation sites (tertiary alicyclic amines) is 1. The monoisotopic (exact) mass is 557 g/mol. The van der Waals surface area contributed by atoms with Crippen molar-refractivity contribution in [1.82, 2.24) is 14.7 Å². The number of halogens is 1. The molecule has 1 N–H and O–H groups in total. The van der Waals surface area contributed by atoms with Crippen molar-refractivity contribution in [3.05, 3.63) is 12.7 Å². The van der Waals surface area contributed by atoms with Gasteiger partial charge in [0, 0.05) is 37.6 Å². The van der Waals surface area contributed by atoms with Crippen molar-refractivity contribution in [3.8, 4) is 0 Å². The number of carbonyl (C=O) groups excluding carboxylic acids is 3. The summed E-state index contributed by atoms with van der Waals surface area (Å²) in [5.41, 5.74) is -1.16. The number of hydrogen-bond donors (Lipinski definition) is 1. The van der Waals surface area contributed by atoms with E-state index in [9.17, 15) is 19.5 Å². The first-order valence-corrected chi connectivity index (χ1v) is 13.3. The van der Waals surface area contributed by atoms with Crippen LogP contribution in [0.4, 0.5) is 0 Å². The Kier molecular flexibility index (Phi) is 8.22. The van der Waals surface area contributed by atoms with E-state index in [1.54, 1.807) is 24.8 Å². The maximum Gasteiger partial charge on any atom is 0.312 e. The molecule has 11 heteroatoms. The molecule has 0 saturated carbocycles. The number of morpholine rings is 1. The molecular weight excluding hydrogens is 522 g/mol. The molecule has 0 aliphatic carbocycles. The smallest absolute Gasteiger partial charge is 0.312 e. The molecule has 2 amide bonds. The summed E-state index contributed by atoms with van der Waals surface area (Å²) in [7, 11) is 0.